The number of ether oxygens (including phenoxy) is 1. The van der Waals surface area contributed by atoms with Gasteiger partial charge in [0.05, 0.1) is 13.4 Å². The number of benzene rings is 2. The molecule has 2 heteroatoms. The van der Waals surface area contributed by atoms with E-state index in [4.69, 9.17) is 9.15 Å². The average molecular weight is 316 g/mol. The second kappa shape index (κ2) is 6.40. The van der Waals surface area contributed by atoms with Crippen LogP contribution in [0.1, 0.15) is 35.1 Å². The molecule has 0 spiro atoms. The zero-order valence-corrected chi connectivity index (χ0v) is 13.7. The molecule has 1 aliphatic rings. The van der Waals surface area contributed by atoms with Crippen molar-refractivity contribution in [2.75, 3.05) is 7.11 Å². The Morgan fingerprint density at radius 1 is 0.917 bits per heavy atom. The van der Waals surface area contributed by atoms with Crippen LogP contribution in [-0.2, 0) is 0 Å². The Hall–Kier alpha value is -2.74. The maximum Gasteiger partial charge on any atom is 0.129 e. The summed E-state index contributed by atoms with van der Waals surface area (Å²) in [6, 6.07) is 23.0. The molecule has 0 fully saturated rings. The molecule has 0 amide bonds. The molecule has 3 aromatic rings. The maximum atomic E-state index is 5.64. The molecular weight excluding hydrogens is 296 g/mol. The van der Waals surface area contributed by atoms with E-state index in [2.05, 4.69) is 48.5 Å². The quantitative estimate of drug-likeness (QED) is 0.621. The molecule has 2 aromatic carbocycles. The van der Waals surface area contributed by atoms with Crippen molar-refractivity contribution in [1.82, 2.24) is 0 Å². The van der Waals surface area contributed by atoms with Gasteiger partial charge < -0.3 is 9.15 Å². The molecule has 0 radical (unpaired) electrons. The highest BCUT2D eigenvalue weighted by Crippen LogP contribution is 2.49. The zero-order chi connectivity index (χ0) is 16.4. The first-order valence-electron chi connectivity index (χ1n) is 8.29. The summed E-state index contributed by atoms with van der Waals surface area (Å²) in [6.45, 7) is 0. The maximum absolute atomic E-state index is 5.64. The molecule has 24 heavy (non-hydrogen) atoms. The van der Waals surface area contributed by atoms with Crippen molar-refractivity contribution in [3.8, 4) is 5.75 Å². The number of methoxy groups -OCH3 is 1. The molecule has 120 valence electrons. The van der Waals surface area contributed by atoms with Gasteiger partial charge in [-0.05, 0) is 41.7 Å². The molecule has 0 saturated heterocycles. The molecule has 0 saturated carbocycles. The lowest BCUT2D eigenvalue weighted by Gasteiger charge is -2.22. The Bertz CT molecular complexity index is 831. The van der Waals surface area contributed by atoms with E-state index in [-0.39, 0.29) is 5.92 Å². The first-order valence-corrected chi connectivity index (χ1v) is 8.29. The summed E-state index contributed by atoms with van der Waals surface area (Å²) < 4.78 is 11.3. The second-order valence-corrected chi connectivity index (χ2v) is 6.16. The van der Waals surface area contributed by atoms with Crippen LogP contribution in [0.4, 0.5) is 0 Å². The van der Waals surface area contributed by atoms with Crippen LogP contribution in [0.15, 0.2) is 83.5 Å². The molecule has 1 heterocycles. The van der Waals surface area contributed by atoms with Crippen LogP contribution in [0, 0.1) is 0 Å². The van der Waals surface area contributed by atoms with Gasteiger partial charge in [0.25, 0.3) is 0 Å². The van der Waals surface area contributed by atoms with E-state index >= 15 is 0 Å². The summed E-state index contributed by atoms with van der Waals surface area (Å²) in [5.41, 5.74) is 3.85. The number of para-hydroxylation sites is 1. The van der Waals surface area contributed by atoms with Gasteiger partial charge in [-0.1, -0.05) is 54.6 Å². The van der Waals surface area contributed by atoms with Gasteiger partial charge in [0, 0.05) is 11.5 Å². The fourth-order valence-electron chi connectivity index (χ4n) is 3.68. The van der Waals surface area contributed by atoms with Crippen molar-refractivity contribution in [3.05, 3.63) is 96.0 Å². The molecule has 0 unspecified atom stereocenters. The van der Waals surface area contributed by atoms with Gasteiger partial charge in [-0.25, -0.2) is 0 Å². The summed E-state index contributed by atoms with van der Waals surface area (Å²) in [7, 11) is 1.74. The van der Waals surface area contributed by atoms with Crippen LogP contribution in [-0.4, -0.2) is 7.11 Å². The standard InChI is InChI=1S/C22H20O2/c1-23-22-11-6-5-10-18(22)20-15-17(21-12-7-13-24-21)14-19(20)16-8-3-2-4-9-16/h2-13,15,19-20H,14H2,1H3/t19-,20-/m0/s1. The van der Waals surface area contributed by atoms with E-state index < -0.39 is 0 Å². The third-order valence-electron chi connectivity index (χ3n) is 4.82. The normalized spacial score (nSPS) is 20.0. The Labute approximate surface area is 142 Å². The van der Waals surface area contributed by atoms with Crippen LogP contribution >= 0.6 is 0 Å². The predicted molar refractivity (Wildman–Crippen MR) is 96.2 cm³/mol. The van der Waals surface area contributed by atoms with Crippen LogP contribution in [0.3, 0.4) is 0 Å². The molecule has 2 nitrogen and oxygen atoms in total. The monoisotopic (exact) mass is 316 g/mol. The third kappa shape index (κ3) is 2.65. The van der Waals surface area contributed by atoms with Gasteiger partial charge in [0.2, 0.25) is 0 Å². The predicted octanol–water partition coefficient (Wildman–Crippen LogP) is 5.64. The minimum Gasteiger partial charge on any atom is -0.496 e. The second-order valence-electron chi connectivity index (χ2n) is 6.16. The molecule has 4 rings (SSSR count). The van der Waals surface area contributed by atoms with Gasteiger partial charge in [0.15, 0.2) is 0 Å². The zero-order valence-electron chi connectivity index (χ0n) is 13.7. The number of hydrogen-bond acceptors (Lipinski definition) is 2. The Morgan fingerprint density at radius 3 is 2.46 bits per heavy atom. The van der Waals surface area contributed by atoms with Crippen LogP contribution < -0.4 is 4.74 Å². The fourth-order valence-corrected chi connectivity index (χ4v) is 3.68. The van der Waals surface area contributed by atoms with Crippen molar-refractivity contribution in [1.29, 1.82) is 0 Å². The molecule has 2 atom stereocenters. The van der Waals surface area contributed by atoms with Crippen molar-refractivity contribution >= 4 is 5.57 Å². The van der Waals surface area contributed by atoms with Crippen LogP contribution in [0.2, 0.25) is 0 Å². The van der Waals surface area contributed by atoms with Crippen LogP contribution in [0.5, 0.6) is 5.75 Å². The number of allylic oxidation sites excluding steroid dienone is 2. The van der Waals surface area contributed by atoms with Crippen molar-refractivity contribution in [2.24, 2.45) is 0 Å². The minimum atomic E-state index is 0.281. The van der Waals surface area contributed by atoms with E-state index in [1.807, 2.05) is 24.3 Å². The summed E-state index contributed by atoms with van der Waals surface area (Å²) in [6.07, 6.45) is 5.05. The summed E-state index contributed by atoms with van der Waals surface area (Å²) >= 11 is 0. The summed E-state index contributed by atoms with van der Waals surface area (Å²) in [5.74, 6) is 2.58. The van der Waals surface area contributed by atoms with E-state index in [0.717, 1.165) is 17.9 Å². The summed E-state index contributed by atoms with van der Waals surface area (Å²) in [4.78, 5) is 0. The lowest BCUT2D eigenvalue weighted by atomic mass is 9.83. The highest BCUT2D eigenvalue weighted by Gasteiger charge is 2.32. The SMILES string of the molecule is COc1ccccc1[C@@H]1C=C(c2ccco2)C[C@H]1c1ccccc1. The molecule has 1 aromatic heterocycles. The number of hydrogen-bond donors (Lipinski definition) is 0. The first kappa shape index (κ1) is 14.8. The van der Waals surface area contributed by atoms with Gasteiger partial charge >= 0.3 is 0 Å². The molecule has 0 N–H and O–H groups in total. The van der Waals surface area contributed by atoms with Gasteiger partial charge in [-0.2, -0.15) is 0 Å². The van der Waals surface area contributed by atoms with E-state index in [1.165, 1.54) is 16.7 Å². The molecule has 1 aliphatic carbocycles. The minimum absolute atomic E-state index is 0.281. The van der Waals surface area contributed by atoms with Crippen LogP contribution in [0.25, 0.3) is 5.57 Å². The number of rotatable bonds is 4. The van der Waals surface area contributed by atoms with Gasteiger partial charge in [0.1, 0.15) is 11.5 Å². The Balaban J connectivity index is 1.79. The molecule has 0 aliphatic heterocycles. The van der Waals surface area contributed by atoms with E-state index in [0.29, 0.717) is 5.92 Å². The van der Waals surface area contributed by atoms with Gasteiger partial charge in [-0.15, -0.1) is 0 Å². The van der Waals surface area contributed by atoms with Crippen molar-refractivity contribution in [3.63, 3.8) is 0 Å². The third-order valence-corrected chi connectivity index (χ3v) is 4.82. The average Bonchev–Trinajstić information content (AvgIpc) is 3.32. The largest absolute Gasteiger partial charge is 0.496 e. The van der Waals surface area contributed by atoms with Gasteiger partial charge in [-0.3, -0.25) is 0 Å². The Morgan fingerprint density at radius 2 is 1.71 bits per heavy atom. The van der Waals surface area contributed by atoms with Crippen molar-refractivity contribution in [2.45, 2.75) is 18.3 Å². The number of furan rings is 1. The molecule has 0 bridgehead atoms. The van der Waals surface area contributed by atoms with E-state index in [1.54, 1.807) is 13.4 Å². The Kier molecular flexibility index (Phi) is 3.96. The lowest BCUT2D eigenvalue weighted by Crippen LogP contribution is -2.06. The van der Waals surface area contributed by atoms with E-state index in [9.17, 15) is 0 Å². The fraction of sp³-hybridized carbons (Fsp3) is 0.182. The smallest absolute Gasteiger partial charge is 0.129 e. The summed E-state index contributed by atoms with van der Waals surface area (Å²) in [5, 5.41) is 0. The molecular formula is C22H20O2. The van der Waals surface area contributed by atoms with Crippen molar-refractivity contribution < 1.29 is 9.15 Å². The highest BCUT2D eigenvalue weighted by atomic mass is 16.5. The highest BCUT2D eigenvalue weighted by molar-refractivity contribution is 5.68. The first-order chi connectivity index (χ1) is 11.9. The lowest BCUT2D eigenvalue weighted by molar-refractivity contribution is 0.406. The topological polar surface area (TPSA) is 22.4 Å².